The number of anilines is 1. The molecule has 0 fully saturated rings. The molecule has 3 aromatic rings. The highest BCUT2D eigenvalue weighted by Gasteiger charge is 2.06. The van der Waals surface area contributed by atoms with Crippen molar-refractivity contribution in [3.8, 4) is 11.4 Å². The summed E-state index contributed by atoms with van der Waals surface area (Å²) in [7, 11) is 0. The van der Waals surface area contributed by atoms with Gasteiger partial charge in [-0.3, -0.25) is 0 Å². The highest BCUT2D eigenvalue weighted by molar-refractivity contribution is 6.30. The molecular weight excluding hydrogens is 236 g/mol. The van der Waals surface area contributed by atoms with Gasteiger partial charge in [0.15, 0.2) is 5.65 Å². The first kappa shape index (κ1) is 10.1. The molecule has 0 saturated heterocycles. The van der Waals surface area contributed by atoms with Crippen molar-refractivity contribution in [1.29, 1.82) is 0 Å². The Morgan fingerprint density at radius 2 is 1.76 bits per heavy atom. The Balaban J connectivity index is 2.14. The fourth-order valence-electron chi connectivity index (χ4n) is 1.65. The van der Waals surface area contributed by atoms with Gasteiger partial charge in [-0.1, -0.05) is 11.6 Å². The maximum atomic E-state index is 5.84. The third-order valence-electron chi connectivity index (χ3n) is 2.49. The lowest BCUT2D eigenvalue weighted by Crippen LogP contribution is -1.88. The summed E-state index contributed by atoms with van der Waals surface area (Å²) in [5, 5.41) is 0.701. The van der Waals surface area contributed by atoms with E-state index in [1.165, 1.54) is 0 Å². The van der Waals surface area contributed by atoms with Crippen LogP contribution in [0, 0.1) is 0 Å². The van der Waals surface area contributed by atoms with Gasteiger partial charge in [0, 0.05) is 10.6 Å². The largest absolute Gasteiger partial charge is 0.384 e. The van der Waals surface area contributed by atoms with Crippen LogP contribution in [0.4, 0.5) is 5.82 Å². The van der Waals surface area contributed by atoms with E-state index in [-0.39, 0.29) is 0 Å². The molecule has 17 heavy (non-hydrogen) atoms. The van der Waals surface area contributed by atoms with Crippen molar-refractivity contribution in [3.63, 3.8) is 0 Å². The van der Waals surface area contributed by atoms with Crippen LogP contribution < -0.4 is 5.73 Å². The number of benzene rings is 1. The second kappa shape index (κ2) is 3.75. The van der Waals surface area contributed by atoms with E-state index in [0.29, 0.717) is 16.5 Å². The molecule has 2 aromatic heterocycles. The molecule has 0 amide bonds. The molecule has 4 nitrogen and oxygen atoms in total. The number of imidazole rings is 1. The second-order valence-electron chi connectivity index (χ2n) is 3.70. The molecule has 3 rings (SSSR count). The first-order chi connectivity index (χ1) is 8.22. The summed E-state index contributed by atoms with van der Waals surface area (Å²) in [5.74, 6) is 1.22. The molecule has 84 valence electrons. The zero-order chi connectivity index (χ0) is 11.8. The van der Waals surface area contributed by atoms with E-state index in [2.05, 4.69) is 15.0 Å². The third-order valence-corrected chi connectivity index (χ3v) is 2.74. The van der Waals surface area contributed by atoms with E-state index in [1.54, 1.807) is 6.07 Å². The zero-order valence-electron chi connectivity index (χ0n) is 8.81. The third kappa shape index (κ3) is 1.83. The van der Waals surface area contributed by atoms with Crippen molar-refractivity contribution in [3.05, 3.63) is 41.4 Å². The lowest BCUT2D eigenvalue weighted by atomic mass is 10.2. The van der Waals surface area contributed by atoms with Gasteiger partial charge in [0.1, 0.15) is 11.6 Å². The molecule has 0 spiro atoms. The van der Waals surface area contributed by atoms with Gasteiger partial charge in [-0.15, -0.1) is 0 Å². The Kier molecular flexibility index (Phi) is 2.23. The standard InChI is InChI=1S/C12H9ClN4/c13-8-3-1-7(2-4-8)11-15-9-5-6-10(14)16-12(9)17-11/h1-6H,(H3,14,15,16,17). The summed E-state index contributed by atoms with van der Waals surface area (Å²) < 4.78 is 0. The molecular formula is C12H9ClN4. The number of hydrogen-bond acceptors (Lipinski definition) is 3. The second-order valence-corrected chi connectivity index (χ2v) is 4.14. The van der Waals surface area contributed by atoms with Crippen LogP contribution in [-0.2, 0) is 0 Å². The van der Waals surface area contributed by atoms with E-state index in [4.69, 9.17) is 17.3 Å². The van der Waals surface area contributed by atoms with Crippen LogP contribution in [0.2, 0.25) is 5.02 Å². The fraction of sp³-hybridized carbons (Fsp3) is 0. The van der Waals surface area contributed by atoms with Crippen LogP contribution in [0.1, 0.15) is 0 Å². The van der Waals surface area contributed by atoms with Crippen molar-refractivity contribution < 1.29 is 0 Å². The lowest BCUT2D eigenvalue weighted by molar-refractivity contribution is 1.30. The molecule has 0 aliphatic carbocycles. The summed E-state index contributed by atoms with van der Waals surface area (Å²) in [4.78, 5) is 11.7. The molecule has 1 aromatic carbocycles. The monoisotopic (exact) mass is 244 g/mol. The van der Waals surface area contributed by atoms with Crippen LogP contribution in [0.25, 0.3) is 22.6 Å². The van der Waals surface area contributed by atoms with Gasteiger partial charge in [-0.2, -0.15) is 0 Å². The van der Waals surface area contributed by atoms with Crippen molar-refractivity contribution in [2.75, 3.05) is 5.73 Å². The predicted molar refractivity (Wildman–Crippen MR) is 68.7 cm³/mol. The molecule has 0 unspecified atom stereocenters. The highest BCUT2D eigenvalue weighted by atomic mass is 35.5. The minimum atomic E-state index is 0.464. The molecule has 2 heterocycles. The Hall–Kier alpha value is -2.07. The van der Waals surface area contributed by atoms with Gasteiger partial charge >= 0.3 is 0 Å². The molecule has 0 saturated carbocycles. The number of pyridine rings is 1. The number of aromatic amines is 1. The number of hydrogen-bond donors (Lipinski definition) is 2. The Bertz CT molecular complexity index is 673. The number of nitrogen functional groups attached to an aromatic ring is 1. The van der Waals surface area contributed by atoms with Crippen LogP contribution >= 0.6 is 11.6 Å². The van der Waals surface area contributed by atoms with Gasteiger partial charge in [0.25, 0.3) is 0 Å². The SMILES string of the molecule is Nc1ccc2[nH]c(-c3ccc(Cl)cc3)nc2n1. The summed E-state index contributed by atoms with van der Waals surface area (Å²) >= 11 is 5.84. The van der Waals surface area contributed by atoms with Crippen LogP contribution in [0.3, 0.4) is 0 Å². The summed E-state index contributed by atoms with van der Waals surface area (Å²) in [6, 6.07) is 11.1. The number of halogens is 1. The van der Waals surface area contributed by atoms with Gasteiger partial charge in [-0.25, -0.2) is 9.97 Å². The van der Waals surface area contributed by atoms with Crippen molar-refractivity contribution in [2.45, 2.75) is 0 Å². The average molecular weight is 245 g/mol. The molecule has 0 atom stereocenters. The van der Waals surface area contributed by atoms with E-state index in [0.717, 1.165) is 16.9 Å². The first-order valence-electron chi connectivity index (χ1n) is 5.10. The maximum Gasteiger partial charge on any atom is 0.180 e. The van der Waals surface area contributed by atoms with E-state index < -0.39 is 0 Å². The predicted octanol–water partition coefficient (Wildman–Crippen LogP) is 2.86. The van der Waals surface area contributed by atoms with Gasteiger partial charge < -0.3 is 10.7 Å². The van der Waals surface area contributed by atoms with Crippen LogP contribution in [0.5, 0.6) is 0 Å². The number of nitrogens with zero attached hydrogens (tertiary/aromatic N) is 2. The fourth-order valence-corrected chi connectivity index (χ4v) is 1.78. The van der Waals surface area contributed by atoms with E-state index in [9.17, 15) is 0 Å². The molecule has 3 N–H and O–H groups in total. The van der Waals surface area contributed by atoms with Gasteiger partial charge in [-0.05, 0) is 36.4 Å². The number of H-pyrrole nitrogens is 1. The minimum Gasteiger partial charge on any atom is -0.384 e. The number of nitrogens with two attached hydrogens (primary N) is 1. The number of fused-ring (bicyclic) bond motifs is 1. The van der Waals surface area contributed by atoms with Crippen LogP contribution in [-0.4, -0.2) is 15.0 Å². The van der Waals surface area contributed by atoms with Crippen molar-refractivity contribution in [1.82, 2.24) is 15.0 Å². The average Bonchev–Trinajstić information content (AvgIpc) is 2.72. The molecule has 0 aliphatic heterocycles. The topological polar surface area (TPSA) is 67.6 Å². The Morgan fingerprint density at radius 3 is 2.53 bits per heavy atom. The Labute approximate surface area is 102 Å². The molecule has 0 bridgehead atoms. The molecule has 0 aliphatic rings. The molecule has 0 radical (unpaired) electrons. The minimum absolute atomic E-state index is 0.464. The highest BCUT2D eigenvalue weighted by Crippen LogP contribution is 2.21. The van der Waals surface area contributed by atoms with Crippen molar-refractivity contribution >= 4 is 28.6 Å². The van der Waals surface area contributed by atoms with Crippen LogP contribution in [0.15, 0.2) is 36.4 Å². The van der Waals surface area contributed by atoms with Crippen molar-refractivity contribution in [2.24, 2.45) is 0 Å². The summed E-state index contributed by atoms with van der Waals surface area (Å²) in [5.41, 5.74) is 8.06. The Morgan fingerprint density at radius 1 is 1.00 bits per heavy atom. The van der Waals surface area contributed by atoms with E-state index in [1.807, 2.05) is 30.3 Å². The van der Waals surface area contributed by atoms with Gasteiger partial charge in [0.2, 0.25) is 0 Å². The van der Waals surface area contributed by atoms with E-state index >= 15 is 0 Å². The summed E-state index contributed by atoms with van der Waals surface area (Å²) in [6.07, 6.45) is 0. The smallest absolute Gasteiger partial charge is 0.180 e. The lowest BCUT2D eigenvalue weighted by Gasteiger charge is -1.95. The number of aromatic nitrogens is 3. The number of rotatable bonds is 1. The quantitative estimate of drug-likeness (QED) is 0.692. The van der Waals surface area contributed by atoms with Gasteiger partial charge in [0.05, 0.1) is 5.52 Å². The zero-order valence-corrected chi connectivity index (χ0v) is 9.57. The number of nitrogens with one attached hydrogen (secondary N) is 1. The maximum absolute atomic E-state index is 5.84. The normalized spacial score (nSPS) is 10.9. The molecule has 5 heteroatoms. The first-order valence-corrected chi connectivity index (χ1v) is 5.48. The summed E-state index contributed by atoms with van der Waals surface area (Å²) in [6.45, 7) is 0.